The van der Waals surface area contributed by atoms with E-state index in [1.165, 1.54) is 11.8 Å². The van der Waals surface area contributed by atoms with Gasteiger partial charge in [0.05, 0.1) is 6.26 Å². The Morgan fingerprint density at radius 3 is 2.17 bits per heavy atom. The standard InChI is InChI=1S/C8H15NO2S/c1-3-8-4-6-9(7-5-8)12(2,10)11/h3H,4-7H2,1-2H3. The first kappa shape index (κ1) is 9.74. The van der Waals surface area contributed by atoms with Crippen LogP contribution in [0.15, 0.2) is 11.6 Å². The van der Waals surface area contributed by atoms with Gasteiger partial charge in [0.1, 0.15) is 0 Å². The molecule has 4 heteroatoms. The molecule has 3 nitrogen and oxygen atoms in total. The molecule has 12 heavy (non-hydrogen) atoms. The van der Waals surface area contributed by atoms with E-state index in [1.54, 1.807) is 4.31 Å². The summed E-state index contributed by atoms with van der Waals surface area (Å²) in [5.41, 5.74) is 1.37. The fraction of sp³-hybridized carbons (Fsp3) is 0.750. The van der Waals surface area contributed by atoms with Gasteiger partial charge in [-0.3, -0.25) is 0 Å². The van der Waals surface area contributed by atoms with Crippen LogP contribution in [0.2, 0.25) is 0 Å². The van der Waals surface area contributed by atoms with E-state index in [4.69, 9.17) is 0 Å². The summed E-state index contributed by atoms with van der Waals surface area (Å²) in [5, 5.41) is 0. The average Bonchev–Trinajstić information content (AvgIpc) is 2.03. The van der Waals surface area contributed by atoms with Crippen LogP contribution in [0.3, 0.4) is 0 Å². The predicted octanol–water partition coefficient (Wildman–Crippen LogP) is 0.988. The predicted molar refractivity (Wildman–Crippen MR) is 49.4 cm³/mol. The van der Waals surface area contributed by atoms with Crippen molar-refractivity contribution in [1.29, 1.82) is 0 Å². The van der Waals surface area contributed by atoms with Crippen LogP contribution in [0.1, 0.15) is 19.8 Å². The second-order valence-electron chi connectivity index (χ2n) is 3.11. The van der Waals surface area contributed by atoms with Crippen LogP contribution in [-0.2, 0) is 10.0 Å². The molecule has 0 aromatic carbocycles. The van der Waals surface area contributed by atoms with Crippen LogP contribution in [-0.4, -0.2) is 32.1 Å². The Labute approximate surface area is 74.1 Å². The second kappa shape index (κ2) is 3.58. The fourth-order valence-electron chi connectivity index (χ4n) is 1.39. The number of rotatable bonds is 1. The molecule has 0 unspecified atom stereocenters. The van der Waals surface area contributed by atoms with Crippen molar-refractivity contribution in [3.8, 4) is 0 Å². The van der Waals surface area contributed by atoms with Crippen molar-refractivity contribution in [1.82, 2.24) is 4.31 Å². The molecule has 0 aromatic rings. The summed E-state index contributed by atoms with van der Waals surface area (Å²) in [6.07, 6.45) is 5.14. The Balaban J connectivity index is 2.58. The van der Waals surface area contributed by atoms with Crippen LogP contribution in [0.25, 0.3) is 0 Å². The molecule has 0 N–H and O–H groups in total. The van der Waals surface area contributed by atoms with Gasteiger partial charge in [-0.2, -0.15) is 0 Å². The molecule has 0 atom stereocenters. The van der Waals surface area contributed by atoms with Gasteiger partial charge in [-0.05, 0) is 19.8 Å². The first-order valence-electron chi connectivity index (χ1n) is 4.13. The first-order chi connectivity index (χ1) is 5.54. The summed E-state index contributed by atoms with van der Waals surface area (Å²) in [7, 11) is -2.95. The van der Waals surface area contributed by atoms with Crippen LogP contribution < -0.4 is 0 Å². The lowest BCUT2D eigenvalue weighted by Gasteiger charge is -2.25. The zero-order valence-corrected chi connectivity index (χ0v) is 8.39. The third-order valence-electron chi connectivity index (χ3n) is 2.24. The van der Waals surface area contributed by atoms with Crippen molar-refractivity contribution in [2.75, 3.05) is 19.3 Å². The second-order valence-corrected chi connectivity index (χ2v) is 5.09. The molecular weight excluding hydrogens is 174 g/mol. The lowest BCUT2D eigenvalue weighted by atomic mass is 10.1. The van der Waals surface area contributed by atoms with Crippen molar-refractivity contribution in [3.05, 3.63) is 11.6 Å². The van der Waals surface area contributed by atoms with Gasteiger partial charge >= 0.3 is 0 Å². The number of hydrogen-bond donors (Lipinski definition) is 0. The topological polar surface area (TPSA) is 37.4 Å². The molecule has 0 bridgehead atoms. The number of piperidine rings is 1. The molecule has 1 rings (SSSR count). The molecule has 0 aromatic heterocycles. The van der Waals surface area contributed by atoms with E-state index in [1.807, 2.05) is 6.92 Å². The highest BCUT2D eigenvalue weighted by molar-refractivity contribution is 7.88. The molecular formula is C8H15NO2S. The minimum Gasteiger partial charge on any atom is -0.213 e. The number of sulfonamides is 1. The van der Waals surface area contributed by atoms with E-state index in [-0.39, 0.29) is 0 Å². The van der Waals surface area contributed by atoms with Crippen LogP contribution in [0.4, 0.5) is 0 Å². The van der Waals surface area contributed by atoms with E-state index in [0.29, 0.717) is 13.1 Å². The maximum atomic E-state index is 11.1. The minimum atomic E-state index is -2.95. The quantitative estimate of drug-likeness (QED) is 0.577. The van der Waals surface area contributed by atoms with Crippen molar-refractivity contribution < 1.29 is 8.42 Å². The van der Waals surface area contributed by atoms with E-state index >= 15 is 0 Å². The zero-order chi connectivity index (χ0) is 9.19. The molecule has 0 aliphatic carbocycles. The van der Waals surface area contributed by atoms with Gasteiger partial charge in [-0.1, -0.05) is 11.6 Å². The maximum Gasteiger partial charge on any atom is 0.211 e. The average molecular weight is 189 g/mol. The third-order valence-corrected chi connectivity index (χ3v) is 3.55. The van der Waals surface area contributed by atoms with E-state index in [0.717, 1.165) is 12.8 Å². The molecule has 0 radical (unpaired) electrons. The van der Waals surface area contributed by atoms with Crippen LogP contribution in [0.5, 0.6) is 0 Å². The normalized spacial score (nSPS) is 21.0. The molecule has 1 heterocycles. The van der Waals surface area contributed by atoms with Gasteiger partial charge in [0.15, 0.2) is 0 Å². The van der Waals surface area contributed by atoms with Crippen molar-refractivity contribution in [2.45, 2.75) is 19.8 Å². The van der Waals surface area contributed by atoms with Gasteiger partial charge in [0.25, 0.3) is 0 Å². The Bertz CT molecular complexity index is 269. The first-order valence-corrected chi connectivity index (χ1v) is 5.98. The van der Waals surface area contributed by atoms with Crippen LogP contribution >= 0.6 is 0 Å². The monoisotopic (exact) mass is 189 g/mol. The molecule has 1 saturated heterocycles. The van der Waals surface area contributed by atoms with Crippen LogP contribution in [0, 0.1) is 0 Å². The largest absolute Gasteiger partial charge is 0.213 e. The summed E-state index contributed by atoms with van der Waals surface area (Å²) in [6.45, 7) is 3.31. The van der Waals surface area contributed by atoms with Gasteiger partial charge in [-0.25, -0.2) is 12.7 Å². The molecule has 1 aliphatic heterocycles. The number of hydrogen-bond acceptors (Lipinski definition) is 2. The van der Waals surface area contributed by atoms with E-state index in [9.17, 15) is 8.42 Å². The Morgan fingerprint density at radius 2 is 1.83 bits per heavy atom. The van der Waals surface area contributed by atoms with Crippen molar-refractivity contribution >= 4 is 10.0 Å². The smallest absolute Gasteiger partial charge is 0.211 e. The van der Waals surface area contributed by atoms with Gasteiger partial charge in [-0.15, -0.1) is 0 Å². The molecule has 1 aliphatic rings. The molecule has 70 valence electrons. The summed E-state index contributed by atoms with van der Waals surface area (Å²) in [6, 6.07) is 0. The Kier molecular flexibility index (Phi) is 2.90. The summed E-state index contributed by atoms with van der Waals surface area (Å²) in [4.78, 5) is 0. The molecule has 0 saturated carbocycles. The van der Waals surface area contributed by atoms with E-state index < -0.39 is 10.0 Å². The lowest BCUT2D eigenvalue weighted by molar-refractivity contribution is 0.390. The van der Waals surface area contributed by atoms with Gasteiger partial charge in [0.2, 0.25) is 10.0 Å². The third kappa shape index (κ3) is 2.32. The number of allylic oxidation sites excluding steroid dienone is 1. The highest BCUT2D eigenvalue weighted by Crippen LogP contribution is 2.17. The van der Waals surface area contributed by atoms with E-state index in [2.05, 4.69) is 6.08 Å². The fourth-order valence-corrected chi connectivity index (χ4v) is 2.24. The molecule has 1 fully saturated rings. The highest BCUT2D eigenvalue weighted by Gasteiger charge is 2.20. The molecule has 0 amide bonds. The van der Waals surface area contributed by atoms with Crippen molar-refractivity contribution in [2.24, 2.45) is 0 Å². The Morgan fingerprint density at radius 1 is 1.33 bits per heavy atom. The summed E-state index contributed by atoms with van der Waals surface area (Å²) < 4.78 is 23.7. The highest BCUT2D eigenvalue weighted by atomic mass is 32.2. The number of nitrogens with zero attached hydrogens (tertiary/aromatic N) is 1. The van der Waals surface area contributed by atoms with Gasteiger partial charge < -0.3 is 0 Å². The van der Waals surface area contributed by atoms with Gasteiger partial charge in [0, 0.05) is 13.1 Å². The minimum absolute atomic E-state index is 0.651. The maximum absolute atomic E-state index is 11.1. The summed E-state index contributed by atoms with van der Waals surface area (Å²) in [5.74, 6) is 0. The zero-order valence-electron chi connectivity index (χ0n) is 7.58. The lowest BCUT2D eigenvalue weighted by Crippen LogP contribution is -2.35. The SMILES string of the molecule is CC=C1CCN(S(C)(=O)=O)CC1. The molecule has 0 spiro atoms. The summed E-state index contributed by atoms with van der Waals surface area (Å²) >= 11 is 0. The Hall–Kier alpha value is -0.350. The van der Waals surface area contributed by atoms with Crippen molar-refractivity contribution in [3.63, 3.8) is 0 Å².